The second kappa shape index (κ2) is 9.28. The van der Waals surface area contributed by atoms with Gasteiger partial charge < -0.3 is 19.8 Å². The van der Waals surface area contributed by atoms with E-state index in [4.69, 9.17) is 9.15 Å². The van der Waals surface area contributed by atoms with E-state index in [1.54, 1.807) is 30.5 Å². The number of furan rings is 1. The van der Waals surface area contributed by atoms with Crippen LogP contribution in [0.5, 0.6) is 5.75 Å². The lowest BCUT2D eigenvalue weighted by molar-refractivity contribution is -0.120. The van der Waals surface area contributed by atoms with Crippen molar-refractivity contribution in [1.82, 2.24) is 5.32 Å². The van der Waals surface area contributed by atoms with Gasteiger partial charge in [0.05, 0.1) is 19.3 Å². The summed E-state index contributed by atoms with van der Waals surface area (Å²) in [4.78, 5) is 24.3. The first-order valence-corrected chi connectivity index (χ1v) is 9.73. The summed E-state index contributed by atoms with van der Waals surface area (Å²) in [5.74, 6) is 0.462. The van der Waals surface area contributed by atoms with Gasteiger partial charge in [-0.05, 0) is 68.3 Å². The Morgan fingerprint density at radius 2 is 1.76 bits per heavy atom. The number of carbonyl (C=O) groups is 2. The number of rotatable bonds is 8. The minimum absolute atomic E-state index is 0.139. The van der Waals surface area contributed by atoms with Crippen LogP contribution in [-0.4, -0.2) is 25.0 Å². The van der Waals surface area contributed by atoms with Crippen LogP contribution in [0.15, 0.2) is 47.1 Å². The first-order chi connectivity index (χ1) is 14.0. The van der Waals surface area contributed by atoms with Crippen molar-refractivity contribution < 1.29 is 18.7 Å². The van der Waals surface area contributed by atoms with E-state index in [9.17, 15) is 9.59 Å². The summed E-state index contributed by atoms with van der Waals surface area (Å²) in [6.45, 7) is 6.85. The zero-order valence-electron chi connectivity index (χ0n) is 17.0. The number of carbonyl (C=O) groups excluding carboxylic acids is 2. The number of anilines is 1. The first-order valence-electron chi connectivity index (χ1n) is 9.73. The SMILES string of the molecule is CCOc1ccc(NC(=O)CCNC(=O)Cc2coc3cc(C)c(C)cc23)cc1. The van der Waals surface area contributed by atoms with Gasteiger partial charge in [0, 0.05) is 29.6 Å². The number of benzene rings is 2. The number of ether oxygens (including phenoxy) is 1. The van der Waals surface area contributed by atoms with E-state index in [0.29, 0.717) is 12.3 Å². The lowest BCUT2D eigenvalue weighted by Gasteiger charge is -2.08. The molecule has 6 nitrogen and oxygen atoms in total. The summed E-state index contributed by atoms with van der Waals surface area (Å²) in [6.07, 6.45) is 2.04. The molecule has 6 heteroatoms. The Morgan fingerprint density at radius 1 is 1.03 bits per heavy atom. The van der Waals surface area contributed by atoms with Crippen LogP contribution in [-0.2, 0) is 16.0 Å². The topological polar surface area (TPSA) is 80.6 Å². The number of amides is 2. The largest absolute Gasteiger partial charge is 0.494 e. The predicted molar refractivity (Wildman–Crippen MR) is 113 cm³/mol. The molecule has 1 aromatic heterocycles. The average Bonchev–Trinajstić information content (AvgIpc) is 3.05. The van der Waals surface area contributed by atoms with Crippen molar-refractivity contribution in [3.05, 3.63) is 59.4 Å². The minimum Gasteiger partial charge on any atom is -0.494 e. The van der Waals surface area contributed by atoms with Crippen molar-refractivity contribution in [1.29, 1.82) is 0 Å². The van der Waals surface area contributed by atoms with E-state index in [1.165, 1.54) is 0 Å². The van der Waals surface area contributed by atoms with Crippen LogP contribution in [0, 0.1) is 13.8 Å². The Hall–Kier alpha value is -3.28. The quantitative estimate of drug-likeness (QED) is 0.602. The molecule has 0 saturated carbocycles. The van der Waals surface area contributed by atoms with Crippen LogP contribution >= 0.6 is 0 Å². The van der Waals surface area contributed by atoms with Crippen LogP contribution in [0.3, 0.4) is 0 Å². The maximum atomic E-state index is 12.2. The molecule has 2 N–H and O–H groups in total. The van der Waals surface area contributed by atoms with Gasteiger partial charge in [-0.3, -0.25) is 9.59 Å². The molecular formula is C23H26N2O4. The smallest absolute Gasteiger partial charge is 0.226 e. The summed E-state index contributed by atoms with van der Waals surface area (Å²) < 4.78 is 10.9. The Kier molecular flexibility index (Phi) is 6.54. The lowest BCUT2D eigenvalue weighted by atomic mass is 10.0. The van der Waals surface area contributed by atoms with Gasteiger partial charge in [-0.2, -0.15) is 0 Å². The Labute approximate surface area is 170 Å². The van der Waals surface area contributed by atoms with Gasteiger partial charge in [0.2, 0.25) is 11.8 Å². The molecule has 0 radical (unpaired) electrons. The van der Waals surface area contributed by atoms with E-state index < -0.39 is 0 Å². The van der Waals surface area contributed by atoms with Crippen molar-refractivity contribution in [3.63, 3.8) is 0 Å². The molecule has 0 fully saturated rings. The molecule has 29 heavy (non-hydrogen) atoms. The minimum atomic E-state index is -0.158. The van der Waals surface area contributed by atoms with Crippen molar-refractivity contribution in [2.24, 2.45) is 0 Å². The normalized spacial score (nSPS) is 10.7. The van der Waals surface area contributed by atoms with E-state index in [1.807, 2.05) is 32.9 Å². The van der Waals surface area contributed by atoms with Gasteiger partial charge >= 0.3 is 0 Å². The summed E-state index contributed by atoms with van der Waals surface area (Å²) in [7, 11) is 0. The zero-order chi connectivity index (χ0) is 20.8. The molecule has 0 saturated heterocycles. The van der Waals surface area contributed by atoms with Crippen LogP contribution in [0.1, 0.15) is 30.0 Å². The second-order valence-corrected chi connectivity index (χ2v) is 6.98. The molecule has 3 rings (SSSR count). The number of nitrogens with one attached hydrogen (secondary N) is 2. The van der Waals surface area contributed by atoms with Crippen LogP contribution in [0.4, 0.5) is 5.69 Å². The fourth-order valence-electron chi connectivity index (χ4n) is 3.05. The molecule has 2 aromatic carbocycles. The fraction of sp³-hybridized carbons (Fsp3) is 0.304. The molecule has 0 aliphatic rings. The molecule has 0 unspecified atom stereocenters. The molecule has 0 atom stereocenters. The molecule has 152 valence electrons. The Balaban J connectivity index is 1.46. The van der Waals surface area contributed by atoms with E-state index >= 15 is 0 Å². The van der Waals surface area contributed by atoms with Crippen LogP contribution in [0.25, 0.3) is 11.0 Å². The molecule has 0 bridgehead atoms. The van der Waals surface area contributed by atoms with Crippen LogP contribution in [0.2, 0.25) is 0 Å². The molecule has 2 amide bonds. The van der Waals surface area contributed by atoms with Crippen molar-refractivity contribution in [2.75, 3.05) is 18.5 Å². The van der Waals surface area contributed by atoms with Gasteiger partial charge in [-0.1, -0.05) is 0 Å². The summed E-state index contributed by atoms with van der Waals surface area (Å²) >= 11 is 0. The third-order valence-corrected chi connectivity index (χ3v) is 4.74. The average molecular weight is 394 g/mol. The van der Waals surface area contributed by atoms with Gasteiger partial charge in [0.1, 0.15) is 11.3 Å². The third-order valence-electron chi connectivity index (χ3n) is 4.74. The summed E-state index contributed by atoms with van der Waals surface area (Å²) in [5.41, 5.74) is 4.64. The number of hydrogen-bond donors (Lipinski definition) is 2. The van der Waals surface area contributed by atoms with Crippen molar-refractivity contribution >= 4 is 28.5 Å². The molecular weight excluding hydrogens is 368 g/mol. The molecule has 1 heterocycles. The lowest BCUT2D eigenvalue weighted by Crippen LogP contribution is -2.28. The molecule has 0 spiro atoms. The molecule has 0 aliphatic heterocycles. The molecule has 0 aliphatic carbocycles. The second-order valence-electron chi connectivity index (χ2n) is 6.98. The Bertz CT molecular complexity index is 1010. The number of hydrogen-bond acceptors (Lipinski definition) is 4. The number of fused-ring (bicyclic) bond motifs is 1. The van der Waals surface area contributed by atoms with Crippen molar-refractivity contribution in [2.45, 2.75) is 33.6 Å². The fourth-order valence-corrected chi connectivity index (χ4v) is 3.05. The third kappa shape index (κ3) is 5.38. The standard InChI is InChI=1S/C23H26N2O4/c1-4-28-19-7-5-18(6-8-19)25-22(26)9-10-24-23(27)13-17-14-29-21-12-16(3)15(2)11-20(17)21/h5-8,11-12,14H,4,9-10,13H2,1-3H3,(H,24,27)(H,25,26). The highest BCUT2D eigenvalue weighted by Crippen LogP contribution is 2.25. The first kappa shape index (κ1) is 20.5. The predicted octanol–water partition coefficient (Wildman–Crippen LogP) is 4.14. The van der Waals surface area contributed by atoms with E-state index in [2.05, 4.69) is 10.6 Å². The monoisotopic (exact) mass is 394 g/mol. The highest BCUT2D eigenvalue weighted by atomic mass is 16.5. The Morgan fingerprint density at radius 3 is 2.48 bits per heavy atom. The van der Waals surface area contributed by atoms with Crippen molar-refractivity contribution in [3.8, 4) is 5.75 Å². The highest BCUT2D eigenvalue weighted by Gasteiger charge is 2.12. The maximum absolute atomic E-state index is 12.2. The summed E-state index contributed by atoms with van der Waals surface area (Å²) in [5, 5.41) is 6.55. The van der Waals surface area contributed by atoms with Gasteiger partial charge in [0.25, 0.3) is 0 Å². The summed E-state index contributed by atoms with van der Waals surface area (Å²) in [6, 6.07) is 11.2. The van der Waals surface area contributed by atoms with Gasteiger partial charge in [-0.25, -0.2) is 0 Å². The zero-order valence-corrected chi connectivity index (χ0v) is 17.0. The number of aryl methyl sites for hydroxylation is 2. The van der Waals surface area contributed by atoms with E-state index in [0.717, 1.165) is 33.4 Å². The molecule has 3 aromatic rings. The van der Waals surface area contributed by atoms with Gasteiger partial charge in [-0.15, -0.1) is 0 Å². The van der Waals surface area contributed by atoms with Gasteiger partial charge in [0.15, 0.2) is 0 Å². The maximum Gasteiger partial charge on any atom is 0.226 e. The van der Waals surface area contributed by atoms with E-state index in [-0.39, 0.29) is 31.2 Å². The highest BCUT2D eigenvalue weighted by molar-refractivity contribution is 5.92. The van der Waals surface area contributed by atoms with Crippen LogP contribution < -0.4 is 15.4 Å².